The minimum Gasteiger partial charge on any atom is -0.354 e. The second-order valence-corrected chi connectivity index (χ2v) is 6.73. The predicted molar refractivity (Wildman–Crippen MR) is 125 cm³/mol. The Balaban J connectivity index is 0.000000239. The number of allylic oxidation sites excluding steroid dienone is 4. The highest BCUT2D eigenvalue weighted by Gasteiger charge is 2.05. The summed E-state index contributed by atoms with van der Waals surface area (Å²) < 4.78 is 0. The second kappa shape index (κ2) is 9.75. The number of hydrogen-bond acceptors (Lipinski definition) is 0. The molecule has 1 heteroatoms. The number of aromatic amines is 1. The fourth-order valence-electron chi connectivity index (χ4n) is 3.32. The SMILES string of the molecule is C1=CCCC=C1.CC.Cc1ccc(-c2ccc3c(c2)[nH]c2ccccc23)cc1. The van der Waals surface area contributed by atoms with Crippen LogP contribution in [-0.2, 0) is 0 Å². The van der Waals surface area contributed by atoms with Gasteiger partial charge in [0.2, 0.25) is 0 Å². The van der Waals surface area contributed by atoms with E-state index in [-0.39, 0.29) is 0 Å². The molecule has 0 bridgehead atoms. The minimum absolute atomic E-state index is 1.20. The van der Waals surface area contributed by atoms with E-state index in [2.05, 4.69) is 103 Å². The third-order valence-corrected chi connectivity index (χ3v) is 4.77. The van der Waals surface area contributed by atoms with Crippen molar-refractivity contribution in [3.8, 4) is 11.1 Å². The molecule has 3 aromatic carbocycles. The Hall–Kier alpha value is -3.06. The van der Waals surface area contributed by atoms with Gasteiger partial charge >= 0.3 is 0 Å². The zero-order valence-corrected chi connectivity index (χ0v) is 17.1. The number of para-hydroxylation sites is 1. The third kappa shape index (κ3) is 4.61. The summed E-state index contributed by atoms with van der Waals surface area (Å²) in [4.78, 5) is 3.50. The Morgan fingerprint density at radius 2 is 1.25 bits per heavy atom. The molecule has 0 saturated carbocycles. The number of fused-ring (bicyclic) bond motifs is 3. The Labute approximate surface area is 168 Å². The Bertz CT molecular complexity index is 1070. The fraction of sp³-hybridized carbons (Fsp3) is 0.185. The van der Waals surface area contributed by atoms with Crippen LogP contribution in [-0.4, -0.2) is 4.98 Å². The molecule has 1 aromatic heterocycles. The van der Waals surface area contributed by atoms with Gasteiger partial charge in [-0.3, -0.25) is 0 Å². The van der Waals surface area contributed by atoms with Crippen molar-refractivity contribution < 1.29 is 0 Å². The molecule has 1 aliphatic rings. The molecule has 0 spiro atoms. The van der Waals surface area contributed by atoms with E-state index in [1.807, 2.05) is 13.8 Å². The molecule has 4 aromatic rings. The molecule has 0 radical (unpaired) electrons. The Morgan fingerprint density at radius 3 is 1.89 bits per heavy atom. The summed E-state index contributed by atoms with van der Waals surface area (Å²) >= 11 is 0. The van der Waals surface area contributed by atoms with E-state index in [1.54, 1.807) is 0 Å². The maximum Gasteiger partial charge on any atom is 0.0471 e. The lowest BCUT2D eigenvalue weighted by molar-refractivity contribution is 1.04. The standard InChI is InChI=1S/C19H15N.C6H8.C2H6/c1-13-6-8-14(9-7-13)15-10-11-17-16-4-2-3-5-18(16)20-19(17)12-15;1-2-4-6-5-3-1;1-2/h2-12,20H,1H3;1-4H,5-6H2;1-2H3. The quantitative estimate of drug-likeness (QED) is 0.349. The normalized spacial score (nSPS) is 12.2. The predicted octanol–water partition coefficient (Wildman–Crippen LogP) is 8.22. The topological polar surface area (TPSA) is 15.8 Å². The van der Waals surface area contributed by atoms with Crippen LogP contribution >= 0.6 is 0 Å². The molecule has 142 valence electrons. The van der Waals surface area contributed by atoms with Crippen LogP contribution in [0.25, 0.3) is 32.9 Å². The van der Waals surface area contributed by atoms with Crippen molar-refractivity contribution in [1.82, 2.24) is 4.98 Å². The van der Waals surface area contributed by atoms with Crippen LogP contribution in [0.2, 0.25) is 0 Å². The first kappa shape index (κ1) is 19.7. The number of hydrogen-bond donors (Lipinski definition) is 1. The Morgan fingerprint density at radius 1 is 0.643 bits per heavy atom. The van der Waals surface area contributed by atoms with E-state index in [9.17, 15) is 0 Å². The van der Waals surface area contributed by atoms with Crippen molar-refractivity contribution >= 4 is 21.8 Å². The molecule has 0 atom stereocenters. The number of aromatic nitrogens is 1. The van der Waals surface area contributed by atoms with Crippen LogP contribution < -0.4 is 0 Å². The van der Waals surface area contributed by atoms with Crippen LogP contribution in [0.15, 0.2) is 91.0 Å². The molecule has 1 aliphatic carbocycles. The van der Waals surface area contributed by atoms with Crippen molar-refractivity contribution in [1.29, 1.82) is 0 Å². The van der Waals surface area contributed by atoms with Gasteiger partial charge in [-0.25, -0.2) is 0 Å². The number of benzene rings is 3. The van der Waals surface area contributed by atoms with Crippen LogP contribution in [0.1, 0.15) is 32.3 Å². The van der Waals surface area contributed by atoms with Gasteiger partial charge in [-0.1, -0.05) is 98.3 Å². The molecule has 5 rings (SSSR count). The molecule has 0 saturated heterocycles. The van der Waals surface area contributed by atoms with Gasteiger partial charge in [0.1, 0.15) is 0 Å². The van der Waals surface area contributed by atoms with Crippen molar-refractivity contribution in [3.05, 3.63) is 96.6 Å². The summed E-state index contributed by atoms with van der Waals surface area (Å²) in [6, 6.07) is 23.8. The zero-order chi connectivity index (χ0) is 19.8. The van der Waals surface area contributed by atoms with E-state index in [4.69, 9.17) is 0 Å². The van der Waals surface area contributed by atoms with E-state index in [1.165, 1.54) is 51.3 Å². The van der Waals surface area contributed by atoms with Crippen LogP contribution in [0.4, 0.5) is 0 Å². The summed E-state index contributed by atoms with van der Waals surface area (Å²) in [5.41, 5.74) is 6.20. The fourth-order valence-corrected chi connectivity index (χ4v) is 3.32. The van der Waals surface area contributed by atoms with Crippen molar-refractivity contribution in [2.75, 3.05) is 0 Å². The summed E-state index contributed by atoms with van der Waals surface area (Å²) in [5.74, 6) is 0. The van der Waals surface area contributed by atoms with E-state index < -0.39 is 0 Å². The maximum atomic E-state index is 3.50. The highest BCUT2D eigenvalue weighted by molar-refractivity contribution is 6.08. The lowest BCUT2D eigenvalue weighted by Crippen LogP contribution is -1.79. The molecule has 0 aliphatic heterocycles. The van der Waals surface area contributed by atoms with Gasteiger partial charge in [-0.2, -0.15) is 0 Å². The molecule has 1 nitrogen and oxygen atoms in total. The summed E-state index contributed by atoms with van der Waals surface area (Å²) in [6.45, 7) is 6.12. The molecular weight excluding hydrogens is 338 g/mol. The van der Waals surface area contributed by atoms with E-state index in [0.29, 0.717) is 0 Å². The molecule has 1 heterocycles. The van der Waals surface area contributed by atoms with Gasteiger partial charge in [0.25, 0.3) is 0 Å². The van der Waals surface area contributed by atoms with Crippen LogP contribution in [0.3, 0.4) is 0 Å². The highest BCUT2D eigenvalue weighted by atomic mass is 14.7. The smallest absolute Gasteiger partial charge is 0.0471 e. The van der Waals surface area contributed by atoms with E-state index in [0.717, 1.165) is 0 Å². The van der Waals surface area contributed by atoms with Gasteiger partial charge < -0.3 is 4.98 Å². The van der Waals surface area contributed by atoms with Gasteiger partial charge in [0.15, 0.2) is 0 Å². The van der Waals surface area contributed by atoms with Crippen LogP contribution in [0.5, 0.6) is 0 Å². The maximum absolute atomic E-state index is 3.50. The largest absolute Gasteiger partial charge is 0.354 e. The van der Waals surface area contributed by atoms with E-state index >= 15 is 0 Å². The number of aryl methyl sites for hydroxylation is 1. The lowest BCUT2D eigenvalue weighted by Gasteiger charge is -2.02. The highest BCUT2D eigenvalue weighted by Crippen LogP contribution is 2.29. The molecule has 0 fully saturated rings. The second-order valence-electron chi connectivity index (χ2n) is 6.73. The monoisotopic (exact) mass is 367 g/mol. The molecular formula is C27H29N. The third-order valence-electron chi connectivity index (χ3n) is 4.77. The molecule has 1 N–H and O–H groups in total. The number of rotatable bonds is 1. The first-order chi connectivity index (χ1) is 13.8. The number of H-pyrrole nitrogens is 1. The molecule has 28 heavy (non-hydrogen) atoms. The van der Waals surface area contributed by atoms with Gasteiger partial charge in [-0.05, 0) is 43.0 Å². The first-order valence-electron chi connectivity index (χ1n) is 10.2. The Kier molecular flexibility index (Phi) is 6.86. The lowest BCUT2D eigenvalue weighted by atomic mass is 10.0. The van der Waals surface area contributed by atoms with Crippen molar-refractivity contribution in [2.45, 2.75) is 33.6 Å². The summed E-state index contributed by atoms with van der Waals surface area (Å²) in [6.07, 6.45) is 11.0. The van der Waals surface area contributed by atoms with Gasteiger partial charge in [0, 0.05) is 21.8 Å². The van der Waals surface area contributed by atoms with Crippen LogP contribution in [0, 0.1) is 6.92 Å². The molecule has 0 amide bonds. The van der Waals surface area contributed by atoms with Gasteiger partial charge in [-0.15, -0.1) is 0 Å². The first-order valence-corrected chi connectivity index (χ1v) is 10.2. The molecule has 0 unspecified atom stereocenters. The average Bonchev–Trinajstić information content (AvgIpc) is 3.15. The van der Waals surface area contributed by atoms with Crippen molar-refractivity contribution in [2.24, 2.45) is 0 Å². The van der Waals surface area contributed by atoms with Crippen molar-refractivity contribution in [3.63, 3.8) is 0 Å². The summed E-state index contributed by atoms with van der Waals surface area (Å²) in [5, 5.41) is 2.58. The van der Waals surface area contributed by atoms with Gasteiger partial charge in [0.05, 0.1) is 0 Å². The zero-order valence-electron chi connectivity index (χ0n) is 17.1. The minimum atomic E-state index is 1.20. The average molecular weight is 368 g/mol. The number of nitrogens with one attached hydrogen (secondary N) is 1. The summed E-state index contributed by atoms with van der Waals surface area (Å²) in [7, 11) is 0.